The van der Waals surface area contributed by atoms with E-state index in [4.69, 9.17) is 5.11 Å². The highest BCUT2D eigenvalue weighted by Gasteiger charge is 2.11. The van der Waals surface area contributed by atoms with Crippen LogP contribution in [0.15, 0.2) is 24.3 Å². The van der Waals surface area contributed by atoms with Crippen molar-refractivity contribution in [3.8, 4) is 0 Å². The highest BCUT2D eigenvalue weighted by Crippen LogP contribution is 2.24. The summed E-state index contributed by atoms with van der Waals surface area (Å²) in [6, 6.07) is 6.67. The zero-order valence-corrected chi connectivity index (χ0v) is 8.87. The van der Waals surface area contributed by atoms with Crippen molar-refractivity contribution in [3.05, 3.63) is 35.8 Å². The Balaban J connectivity index is 2.68. The van der Waals surface area contributed by atoms with Gasteiger partial charge in [-0.05, 0) is 38.1 Å². The largest absolute Gasteiger partial charge is 0.394 e. The summed E-state index contributed by atoms with van der Waals surface area (Å²) in [5, 5.41) is 10.0. The van der Waals surface area contributed by atoms with Gasteiger partial charge in [-0.15, -0.1) is 0 Å². The predicted octanol–water partition coefficient (Wildman–Crippen LogP) is 2.64. The normalized spacial score (nSPS) is 13.3. The van der Waals surface area contributed by atoms with Crippen molar-refractivity contribution >= 4 is 10.9 Å². The van der Waals surface area contributed by atoms with Gasteiger partial charge in [-0.3, -0.25) is 0 Å². The summed E-state index contributed by atoms with van der Waals surface area (Å²) >= 11 is 0. The molecule has 1 aromatic heterocycles. The Morgan fingerprint density at radius 2 is 2.13 bits per heavy atom. The minimum absolute atomic E-state index is 0.0213. The lowest BCUT2D eigenvalue weighted by atomic mass is 10.2. The maximum absolute atomic E-state index is 13.0. The second kappa shape index (κ2) is 3.66. The number of aromatic nitrogens is 1. The zero-order valence-electron chi connectivity index (χ0n) is 8.87. The first-order valence-corrected chi connectivity index (χ1v) is 5.01. The topological polar surface area (TPSA) is 25.2 Å². The molecule has 1 heterocycles. The van der Waals surface area contributed by atoms with Crippen LogP contribution in [0.25, 0.3) is 10.9 Å². The van der Waals surface area contributed by atoms with Gasteiger partial charge in [-0.2, -0.15) is 0 Å². The van der Waals surface area contributed by atoms with Gasteiger partial charge in [0.25, 0.3) is 0 Å². The molecular weight excluding hydrogens is 193 g/mol. The Morgan fingerprint density at radius 3 is 2.80 bits per heavy atom. The van der Waals surface area contributed by atoms with E-state index in [1.165, 1.54) is 12.1 Å². The van der Waals surface area contributed by atoms with Crippen LogP contribution in [0.3, 0.4) is 0 Å². The van der Waals surface area contributed by atoms with Crippen molar-refractivity contribution in [1.29, 1.82) is 0 Å². The van der Waals surface area contributed by atoms with E-state index in [-0.39, 0.29) is 18.5 Å². The number of hydrogen-bond acceptors (Lipinski definition) is 1. The van der Waals surface area contributed by atoms with Crippen molar-refractivity contribution < 1.29 is 9.50 Å². The maximum Gasteiger partial charge on any atom is 0.123 e. The third-order valence-electron chi connectivity index (χ3n) is 2.70. The van der Waals surface area contributed by atoms with Crippen LogP contribution in [0.1, 0.15) is 18.7 Å². The van der Waals surface area contributed by atoms with Gasteiger partial charge in [-0.1, -0.05) is 0 Å². The average molecular weight is 207 g/mol. The molecule has 1 N–H and O–H groups in total. The van der Waals surface area contributed by atoms with Crippen molar-refractivity contribution in [2.24, 2.45) is 0 Å². The number of hydrogen-bond donors (Lipinski definition) is 1. The summed E-state index contributed by atoms with van der Waals surface area (Å²) in [6.45, 7) is 3.99. The minimum atomic E-state index is -0.226. The molecule has 15 heavy (non-hydrogen) atoms. The van der Waals surface area contributed by atoms with Gasteiger partial charge in [-0.25, -0.2) is 4.39 Å². The number of rotatable bonds is 2. The average Bonchev–Trinajstić information content (AvgIpc) is 2.52. The number of nitrogens with zero attached hydrogens (tertiary/aromatic N) is 1. The van der Waals surface area contributed by atoms with Crippen molar-refractivity contribution in [3.63, 3.8) is 0 Å². The fraction of sp³-hybridized carbons (Fsp3) is 0.333. The molecule has 0 amide bonds. The summed E-state index contributed by atoms with van der Waals surface area (Å²) in [6.07, 6.45) is 0. The van der Waals surface area contributed by atoms with E-state index in [1.54, 1.807) is 6.07 Å². The SMILES string of the molecule is Cc1cc2cc(F)ccc2n1C(C)CO. The fourth-order valence-corrected chi connectivity index (χ4v) is 2.01. The van der Waals surface area contributed by atoms with E-state index in [1.807, 2.05) is 24.5 Å². The molecular formula is C12H14FNO. The van der Waals surface area contributed by atoms with E-state index in [2.05, 4.69) is 0 Å². The van der Waals surface area contributed by atoms with Crippen molar-refractivity contribution in [2.75, 3.05) is 6.61 Å². The monoisotopic (exact) mass is 207 g/mol. The third-order valence-corrected chi connectivity index (χ3v) is 2.70. The first-order valence-electron chi connectivity index (χ1n) is 5.01. The molecule has 2 rings (SSSR count). The van der Waals surface area contributed by atoms with E-state index in [9.17, 15) is 4.39 Å². The number of fused-ring (bicyclic) bond motifs is 1. The molecule has 80 valence electrons. The van der Waals surface area contributed by atoms with E-state index < -0.39 is 0 Å². The van der Waals surface area contributed by atoms with Crippen LogP contribution in [0.4, 0.5) is 4.39 Å². The number of benzene rings is 1. The summed E-state index contributed by atoms with van der Waals surface area (Å²) < 4.78 is 15.0. The molecule has 0 aliphatic heterocycles. The molecule has 0 saturated heterocycles. The van der Waals surface area contributed by atoms with Gasteiger partial charge in [0.15, 0.2) is 0 Å². The number of aliphatic hydroxyl groups excluding tert-OH is 1. The summed E-state index contributed by atoms with van der Waals surface area (Å²) in [4.78, 5) is 0. The lowest BCUT2D eigenvalue weighted by molar-refractivity contribution is 0.240. The van der Waals surface area contributed by atoms with Crippen LogP contribution in [0, 0.1) is 12.7 Å². The van der Waals surface area contributed by atoms with Crippen molar-refractivity contribution in [1.82, 2.24) is 4.57 Å². The highest BCUT2D eigenvalue weighted by molar-refractivity contribution is 5.81. The molecule has 1 aromatic carbocycles. The van der Waals surface area contributed by atoms with E-state index >= 15 is 0 Å². The molecule has 0 spiro atoms. The molecule has 0 fully saturated rings. The Labute approximate surface area is 88.0 Å². The van der Waals surface area contributed by atoms with Gasteiger partial charge >= 0.3 is 0 Å². The smallest absolute Gasteiger partial charge is 0.123 e. The second-order valence-electron chi connectivity index (χ2n) is 3.89. The summed E-state index contributed by atoms with van der Waals surface area (Å²) in [7, 11) is 0. The fourth-order valence-electron chi connectivity index (χ4n) is 2.01. The van der Waals surface area contributed by atoms with Gasteiger partial charge in [0.2, 0.25) is 0 Å². The number of aryl methyl sites for hydroxylation is 1. The quantitative estimate of drug-likeness (QED) is 0.804. The summed E-state index contributed by atoms with van der Waals surface area (Å²) in [5.74, 6) is -0.226. The molecule has 0 radical (unpaired) electrons. The molecule has 0 saturated carbocycles. The third kappa shape index (κ3) is 1.63. The number of aliphatic hydroxyl groups is 1. The molecule has 2 aromatic rings. The van der Waals surface area contributed by atoms with E-state index in [0.29, 0.717) is 0 Å². The van der Waals surface area contributed by atoms with Gasteiger partial charge in [0.1, 0.15) is 5.82 Å². The standard InChI is InChI=1S/C12H14FNO/c1-8-5-10-6-11(13)3-4-12(10)14(8)9(2)7-15/h3-6,9,15H,7H2,1-2H3. The first kappa shape index (κ1) is 10.2. The van der Waals surface area contributed by atoms with Gasteiger partial charge in [0, 0.05) is 16.6 Å². The van der Waals surface area contributed by atoms with Gasteiger partial charge in [0.05, 0.1) is 12.6 Å². The highest BCUT2D eigenvalue weighted by atomic mass is 19.1. The Morgan fingerprint density at radius 1 is 1.40 bits per heavy atom. The molecule has 2 nitrogen and oxygen atoms in total. The first-order chi connectivity index (χ1) is 7.13. The second-order valence-corrected chi connectivity index (χ2v) is 3.89. The number of halogens is 1. The molecule has 1 unspecified atom stereocenters. The predicted molar refractivity (Wildman–Crippen MR) is 58.4 cm³/mol. The zero-order chi connectivity index (χ0) is 11.0. The summed E-state index contributed by atoms with van der Waals surface area (Å²) in [5.41, 5.74) is 2.01. The minimum Gasteiger partial charge on any atom is -0.394 e. The molecule has 0 aliphatic rings. The maximum atomic E-state index is 13.0. The Kier molecular flexibility index (Phi) is 2.49. The Bertz CT molecular complexity index is 490. The molecule has 0 bridgehead atoms. The van der Waals surface area contributed by atoms with Gasteiger partial charge < -0.3 is 9.67 Å². The van der Waals surface area contributed by atoms with Crippen LogP contribution >= 0.6 is 0 Å². The van der Waals surface area contributed by atoms with Crippen LogP contribution in [0.5, 0.6) is 0 Å². The molecule has 1 atom stereocenters. The van der Waals surface area contributed by atoms with Crippen LogP contribution < -0.4 is 0 Å². The Hall–Kier alpha value is -1.35. The lowest BCUT2D eigenvalue weighted by Gasteiger charge is -2.14. The van der Waals surface area contributed by atoms with Crippen LogP contribution in [-0.2, 0) is 0 Å². The van der Waals surface area contributed by atoms with Crippen molar-refractivity contribution in [2.45, 2.75) is 19.9 Å². The van der Waals surface area contributed by atoms with E-state index in [0.717, 1.165) is 16.6 Å². The molecule has 0 aliphatic carbocycles. The lowest BCUT2D eigenvalue weighted by Crippen LogP contribution is -2.10. The molecule has 3 heteroatoms. The van der Waals surface area contributed by atoms with Crippen LogP contribution in [0.2, 0.25) is 0 Å². The van der Waals surface area contributed by atoms with Crippen LogP contribution in [-0.4, -0.2) is 16.3 Å².